The number of carbonyl (C=O) groups is 1. The second-order valence-electron chi connectivity index (χ2n) is 5.70. The summed E-state index contributed by atoms with van der Waals surface area (Å²) in [5.74, 6) is -0.709. The third-order valence-electron chi connectivity index (χ3n) is 4.34. The van der Waals surface area contributed by atoms with Gasteiger partial charge < -0.3 is 19.9 Å². The van der Waals surface area contributed by atoms with Crippen molar-refractivity contribution >= 4 is 5.97 Å². The predicted molar refractivity (Wildman–Crippen MR) is 64.2 cm³/mol. The highest BCUT2D eigenvalue weighted by Crippen LogP contribution is 2.37. The average molecular weight is 255 g/mol. The maximum absolute atomic E-state index is 11.2. The van der Waals surface area contributed by atoms with Gasteiger partial charge in [0.2, 0.25) is 0 Å². The Hall–Kier alpha value is -0.650. The minimum absolute atomic E-state index is 0.296. The molecule has 1 saturated heterocycles. The fourth-order valence-corrected chi connectivity index (χ4v) is 3.10. The standard InChI is InChI=1S/C13H21NO4/c15-12(16)11(9-1-2-9)14-10-3-5-13(6-4-10)17-7-8-18-13/h9-11,14H,1-8H2,(H,15,16). The molecule has 0 bridgehead atoms. The second kappa shape index (κ2) is 4.79. The predicted octanol–water partition coefficient (Wildman–Crippen LogP) is 1.12. The Balaban J connectivity index is 1.51. The zero-order valence-corrected chi connectivity index (χ0v) is 10.6. The molecule has 0 aromatic heterocycles. The summed E-state index contributed by atoms with van der Waals surface area (Å²) >= 11 is 0. The highest BCUT2D eigenvalue weighted by atomic mass is 16.7. The van der Waals surface area contributed by atoms with Crippen molar-refractivity contribution in [3.8, 4) is 0 Å². The first-order valence-electron chi connectivity index (χ1n) is 6.95. The van der Waals surface area contributed by atoms with Crippen molar-refractivity contribution in [3.63, 3.8) is 0 Å². The maximum atomic E-state index is 11.2. The molecule has 3 fully saturated rings. The SMILES string of the molecule is O=C(O)C(NC1CCC2(CC1)OCCO2)C1CC1. The Morgan fingerprint density at radius 1 is 1.17 bits per heavy atom. The van der Waals surface area contributed by atoms with Gasteiger partial charge in [0.15, 0.2) is 5.79 Å². The molecule has 1 heterocycles. The minimum atomic E-state index is -0.703. The van der Waals surface area contributed by atoms with E-state index in [1.54, 1.807) is 0 Å². The monoisotopic (exact) mass is 255 g/mol. The van der Waals surface area contributed by atoms with Crippen LogP contribution in [0.15, 0.2) is 0 Å². The lowest BCUT2D eigenvalue weighted by Crippen LogP contribution is -2.49. The smallest absolute Gasteiger partial charge is 0.320 e. The van der Waals surface area contributed by atoms with E-state index >= 15 is 0 Å². The van der Waals surface area contributed by atoms with Gasteiger partial charge in [-0.25, -0.2) is 0 Å². The number of hydrogen-bond acceptors (Lipinski definition) is 4. The fraction of sp³-hybridized carbons (Fsp3) is 0.923. The quantitative estimate of drug-likeness (QED) is 0.788. The minimum Gasteiger partial charge on any atom is -0.480 e. The Bertz CT molecular complexity index is 313. The van der Waals surface area contributed by atoms with E-state index in [0.29, 0.717) is 25.2 Å². The number of nitrogens with one attached hydrogen (secondary N) is 1. The number of carboxylic acids is 1. The van der Waals surface area contributed by atoms with Crippen LogP contribution < -0.4 is 5.32 Å². The van der Waals surface area contributed by atoms with Crippen LogP contribution in [-0.4, -0.2) is 42.2 Å². The third-order valence-corrected chi connectivity index (χ3v) is 4.34. The second-order valence-corrected chi connectivity index (χ2v) is 5.70. The maximum Gasteiger partial charge on any atom is 0.320 e. The molecular formula is C13H21NO4. The van der Waals surface area contributed by atoms with Crippen LogP contribution >= 0.6 is 0 Å². The van der Waals surface area contributed by atoms with Crippen molar-refractivity contribution in [1.82, 2.24) is 5.32 Å². The lowest BCUT2D eigenvalue weighted by molar-refractivity contribution is -0.180. The normalized spacial score (nSPS) is 29.6. The Labute approximate surface area is 107 Å². The van der Waals surface area contributed by atoms with Crippen molar-refractivity contribution in [2.75, 3.05) is 13.2 Å². The molecule has 3 aliphatic rings. The number of hydrogen-bond donors (Lipinski definition) is 2. The van der Waals surface area contributed by atoms with E-state index in [4.69, 9.17) is 9.47 Å². The van der Waals surface area contributed by atoms with Crippen molar-refractivity contribution in [1.29, 1.82) is 0 Å². The Kier molecular flexibility index (Phi) is 3.30. The molecule has 0 amide bonds. The molecule has 1 atom stereocenters. The summed E-state index contributed by atoms with van der Waals surface area (Å²) in [4.78, 5) is 11.2. The molecule has 0 radical (unpaired) electrons. The van der Waals surface area contributed by atoms with E-state index in [1.807, 2.05) is 0 Å². The lowest BCUT2D eigenvalue weighted by Gasteiger charge is -2.36. The summed E-state index contributed by atoms with van der Waals surface area (Å²) in [5.41, 5.74) is 0. The molecule has 1 aliphatic heterocycles. The Morgan fingerprint density at radius 2 is 1.78 bits per heavy atom. The van der Waals surface area contributed by atoms with Gasteiger partial charge in [0, 0.05) is 18.9 Å². The first-order valence-corrected chi connectivity index (χ1v) is 6.95. The van der Waals surface area contributed by atoms with E-state index in [-0.39, 0.29) is 11.8 Å². The van der Waals surface area contributed by atoms with Gasteiger partial charge >= 0.3 is 5.97 Å². The molecule has 1 spiro atoms. The molecule has 3 rings (SSSR count). The zero-order valence-electron chi connectivity index (χ0n) is 10.6. The Morgan fingerprint density at radius 3 is 2.28 bits per heavy atom. The number of rotatable bonds is 4. The van der Waals surface area contributed by atoms with Crippen LogP contribution in [0.4, 0.5) is 0 Å². The summed E-state index contributed by atoms with van der Waals surface area (Å²) in [6.07, 6.45) is 5.73. The molecule has 0 aromatic rings. The van der Waals surface area contributed by atoms with E-state index in [9.17, 15) is 9.90 Å². The largest absolute Gasteiger partial charge is 0.480 e. The molecule has 2 N–H and O–H groups in total. The van der Waals surface area contributed by atoms with Crippen molar-refractivity contribution in [2.45, 2.75) is 56.4 Å². The summed E-state index contributed by atoms with van der Waals surface area (Å²) < 4.78 is 11.4. The van der Waals surface area contributed by atoms with Crippen molar-refractivity contribution in [3.05, 3.63) is 0 Å². The molecule has 102 valence electrons. The van der Waals surface area contributed by atoms with Gasteiger partial charge in [-0.15, -0.1) is 0 Å². The summed E-state index contributed by atoms with van der Waals surface area (Å²) in [5, 5.41) is 12.5. The average Bonchev–Trinajstić information content (AvgIpc) is 3.10. The first kappa shape index (κ1) is 12.4. The number of carboxylic acid groups (broad SMARTS) is 1. The van der Waals surface area contributed by atoms with Gasteiger partial charge in [-0.2, -0.15) is 0 Å². The van der Waals surface area contributed by atoms with Crippen molar-refractivity contribution < 1.29 is 19.4 Å². The van der Waals surface area contributed by atoms with Crippen LogP contribution in [0.1, 0.15) is 38.5 Å². The van der Waals surface area contributed by atoms with Gasteiger partial charge in [0.25, 0.3) is 0 Å². The molecule has 2 saturated carbocycles. The highest BCUT2D eigenvalue weighted by molar-refractivity contribution is 5.74. The number of aliphatic carboxylic acids is 1. The highest BCUT2D eigenvalue weighted by Gasteiger charge is 2.43. The van der Waals surface area contributed by atoms with E-state index in [0.717, 1.165) is 38.5 Å². The molecule has 5 nitrogen and oxygen atoms in total. The molecule has 18 heavy (non-hydrogen) atoms. The molecule has 2 aliphatic carbocycles. The van der Waals surface area contributed by atoms with Gasteiger partial charge in [0.1, 0.15) is 6.04 Å². The van der Waals surface area contributed by atoms with Crippen LogP contribution in [0.5, 0.6) is 0 Å². The zero-order chi connectivity index (χ0) is 12.6. The fourth-order valence-electron chi connectivity index (χ4n) is 3.10. The van der Waals surface area contributed by atoms with E-state index in [2.05, 4.69) is 5.32 Å². The van der Waals surface area contributed by atoms with Gasteiger partial charge in [-0.1, -0.05) is 0 Å². The summed E-state index contributed by atoms with van der Waals surface area (Å²) in [6.45, 7) is 1.38. The number of ether oxygens (including phenoxy) is 2. The molecule has 0 aromatic carbocycles. The van der Waals surface area contributed by atoms with Crippen molar-refractivity contribution in [2.24, 2.45) is 5.92 Å². The first-order chi connectivity index (χ1) is 8.69. The van der Waals surface area contributed by atoms with Crippen LogP contribution in [0.3, 0.4) is 0 Å². The summed E-state index contributed by atoms with van der Waals surface area (Å²) in [6, 6.07) is -0.0559. The lowest BCUT2D eigenvalue weighted by atomic mass is 9.89. The van der Waals surface area contributed by atoms with E-state index < -0.39 is 5.97 Å². The molecule has 1 unspecified atom stereocenters. The van der Waals surface area contributed by atoms with Crippen LogP contribution in [0.25, 0.3) is 0 Å². The van der Waals surface area contributed by atoms with Gasteiger partial charge in [0.05, 0.1) is 13.2 Å². The summed E-state index contributed by atoms with van der Waals surface area (Å²) in [7, 11) is 0. The van der Waals surface area contributed by atoms with Crippen LogP contribution in [0, 0.1) is 5.92 Å². The van der Waals surface area contributed by atoms with Gasteiger partial charge in [-0.3, -0.25) is 4.79 Å². The van der Waals surface area contributed by atoms with Crippen LogP contribution in [-0.2, 0) is 14.3 Å². The third kappa shape index (κ3) is 2.53. The molecular weight excluding hydrogens is 234 g/mol. The van der Waals surface area contributed by atoms with Crippen LogP contribution in [0.2, 0.25) is 0 Å². The van der Waals surface area contributed by atoms with Gasteiger partial charge in [-0.05, 0) is 31.6 Å². The van der Waals surface area contributed by atoms with E-state index in [1.165, 1.54) is 0 Å². The molecule has 5 heteroatoms. The topological polar surface area (TPSA) is 67.8 Å².